The van der Waals surface area contributed by atoms with Crippen molar-refractivity contribution in [3.05, 3.63) is 64.2 Å². The van der Waals surface area contributed by atoms with E-state index in [0.29, 0.717) is 17.7 Å². The standard InChI is InChI=1S/C21H18Cl2F3N7O2S/c1-20(2,3)19-31-30-18(33(19)16-6-7-28-29-16)17-15(8-11(22)10-27-17)32-36(34,35)12-4-5-14(23)13(9-12)21(24,25)26/h4-10,32H,1-3H3,(H,28,29). The maximum atomic E-state index is 13.3. The van der Waals surface area contributed by atoms with Crippen molar-refractivity contribution in [1.82, 2.24) is 29.9 Å². The van der Waals surface area contributed by atoms with Crippen LogP contribution in [0.1, 0.15) is 32.2 Å². The Bertz CT molecular complexity index is 1530. The van der Waals surface area contributed by atoms with Crippen LogP contribution in [0.25, 0.3) is 17.3 Å². The number of hydrogen-bond acceptors (Lipinski definition) is 6. The summed E-state index contributed by atoms with van der Waals surface area (Å²) in [6, 6.07) is 5.20. The smallest absolute Gasteiger partial charge is 0.284 e. The first-order valence-electron chi connectivity index (χ1n) is 10.2. The molecule has 0 fully saturated rings. The minimum absolute atomic E-state index is 0.0268. The molecule has 0 bridgehead atoms. The number of H-pyrrole nitrogens is 1. The summed E-state index contributed by atoms with van der Waals surface area (Å²) in [6.45, 7) is 5.71. The second-order valence-corrected chi connectivity index (χ2v) is 11.2. The van der Waals surface area contributed by atoms with Gasteiger partial charge in [-0.05, 0) is 24.3 Å². The van der Waals surface area contributed by atoms with Crippen molar-refractivity contribution in [1.29, 1.82) is 0 Å². The van der Waals surface area contributed by atoms with Gasteiger partial charge in [-0.25, -0.2) is 13.4 Å². The van der Waals surface area contributed by atoms with Crippen molar-refractivity contribution in [2.75, 3.05) is 4.72 Å². The maximum absolute atomic E-state index is 13.3. The van der Waals surface area contributed by atoms with Crippen LogP contribution in [0.4, 0.5) is 18.9 Å². The molecule has 0 radical (unpaired) electrons. The topological polar surface area (TPSA) is 118 Å². The lowest BCUT2D eigenvalue weighted by Crippen LogP contribution is -2.19. The lowest BCUT2D eigenvalue weighted by atomic mass is 9.95. The van der Waals surface area contributed by atoms with Crippen molar-refractivity contribution in [3.8, 4) is 17.3 Å². The number of nitrogens with one attached hydrogen (secondary N) is 2. The average Bonchev–Trinajstić information content (AvgIpc) is 3.42. The summed E-state index contributed by atoms with van der Waals surface area (Å²) >= 11 is 11.7. The van der Waals surface area contributed by atoms with Crippen LogP contribution in [-0.4, -0.2) is 38.4 Å². The fraction of sp³-hybridized carbons (Fsp3) is 0.238. The van der Waals surface area contributed by atoms with Gasteiger partial charge in [0.15, 0.2) is 11.6 Å². The number of hydrogen-bond donors (Lipinski definition) is 2. The third-order valence-corrected chi connectivity index (χ3v) is 6.81. The largest absolute Gasteiger partial charge is 0.417 e. The maximum Gasteiger partial charge on any atom is 0.417 e. The van der Waals surface area contributed by atoms with Crippen LogP contribution < -0.4 is 4.72 Å². The third-order valence-electron chi connectivity index (χ3n) is 4.91. The molecule has 15 heteroatoms. The molecule has 1 aromatic carbocycles. The van der Waals surface area contributed by atoms with Crippen LogP contribution in [0.2, 0.25) is 10.0 Å². The molecule has 3 heterocycles. The van der Waals surface area contributed by atoms with Gasteiger partial charge in [-0.2, -0.15) is 18.3 Å². The molecular formula is C21H18Cl2F3N7O2S. The molecule has 0 atom stereocenters. The van der Waals surface area contributed by atoms with E-state index in [1.807, 2.05) is 20.8 Å². The first-order valence-corrected chi connectivity index (χ1v) is 12.4. The highest BCUT2D eigenvalue weighted by atomic mass is 35.5. The minimum Gasteiger partial charge on any atom is -0.284 e. The number of halogens is 5. The zero-order valence-corrected chi connectivity index (χ0v) is 21.2. The molecule has 0 spiro atoms. The van der Waals surface area contributed by atoms with Crippen molar-refractivity contribution < 1.29 is 21.6 Å². The van der Waals surface area contributed by atoms with E-state index in [-0.39, 0.29) is 22.2 Å². The second kappa shape index (κ2) is 9.05. The molecule has 0 aliphatic carbocycles. The molecule has 2 N–H and O–H groups in total. The van der Waals surface area contributed by atoms with Gasteiger partial charge in [0.25, 0.3) is 10.0 Å². The van der Waals surface area contributed by atoms with E-state index < -0.39 is 37.1 Å². The summed E-state index contributed by atoms with van der Waals surface area (Å²) < 4.78 is 70.0. The minimum atomic E-state index is -4.85. The Balaban J connectivity index is 1.86. The summed E-state index contributed by atoms with van der Waals surface area (Å²) in [5, 5.41) is 14.8. The highest BCUT2D eigenvalue weighted by Gasteiger charge is 2.35. The third kappa shape index (κ3) is 5.04. The molecule has 4 rings (SSSR count). The monoisotopic (exact) mass is 559 g/mol. The Hall–Kier alpha value is -3.16. The summed E-state index contributed by atoms with van der Waals surface area (Å²) in [6.07, 6.45) is -1.99. The molecule has 0 amide bonds. The van der Waals surface area contributed by atoms with E-state index in [1.165, 1.54) is 12.3 Å². The van der Waals surface area contributed by atoms with Gasteiger partial charge >= 0.3 is 6.18 Å². The van der Waals surface area contributed by atoms with Crippen molar-refractivity contribution in [2.45, 2.75) is 37.3 Å². The lowest BCUT2D eigenvalue weighted by Gasteiger charge is -2.19. The van der Waals surface area contributed by atoms with Crippen LogP contribution >= 0.6 is 23.2 Å². The van der Waals surface area contributed by atoms with E-state index in [9.17, 15) is 21.6 Å². The molecule has 0 saturated heterocycles. The van der Waals surface area contributed by atoms with E-state index in [4.69, 9.17) is 23.2 Å². The summed E-state index contributed by atoms with van der Waals surface area (Å²) in [5.41, 5.74) is -1.88. The first kappa shape index (κ1) is 25.9. The summed E-state index contributed by atoms with van der Waals surface area (Å²) in [5.74, 6) is 1.05. The van der Waals surface area contributed by atoms with E-state index >= 15 is 0 Å². The number of pyridine rings is 1. The van der Waals surface area contributed by atoms with Gasteiger partial charge in [0.1, 0.15) is 11.5 Å². The van der Waals surface area contributed by atoms with Crippen LogP contribution in [0, 0.1) is 0 Å². The molecule has 190 valence electrons. The van der Waals surface area contributed by atoms with Crippen LogP contribution in [0.15, 0.2) is 47.6 Å². The number of anilines is 1. The Kier molecular flexibility index (Phi) is 6.52. The Morgan fingerprint density at radius 2 is 1.78 bits per heavy atom. The number of rotatable bonds is 5. The van der Waals surface area contributed by atoms with E-state index in [1.54, 1.807) is 16.8 Å². The van der Waals surface area contributed by atoms with Gasteiger partial charge in [0.05, 0.1) is 26.2 Å². The Labute approximate surface area is 213 Å². The van der Waals surface area contributed by atoms with Crippen molar-refractivity contribution >= 4 is 38.9 Å². The Morgan fingerprint density at radius 3 is 2.39 bits per heavy atom. The van der Waals surface area contributed by atoms with Crippen molar-refractivity contribution in [3.63, 3.8) is 0 Å². The molecule has 0 saturated carbocycles. The van der Waals surface area contributed by atoms with Gasteiger partial charge < -0.3 is 0 Å². The molecule has 0 aliphatic rings. The number of nitrogens with zero attached hydrogens (tertiary/aromatic N) is 5. The van der Waals surface area contributed by atoms with Crippen LogP contribution in [0.5, 0.6) is 0 Å². The lowest BCUT2D eigenvalue weighted by molar-refractivity contribution is -0.137. The van der Waals surface area contributed by atoms with Gasteiger partial charge in [0, 0.05) is 23.9 Å². The second-order valence-electron chi connectivity index (χ2n) is 8.66. The van der Waals surface area contributed by atoms with Crippen LogP contribution in [-0.2, 0) is 21.6 Å². The van der Waals surface area contributed by atoms with Crippen LogP contribution in [0.3, 0.4) is 0 Å². The predicted octanol–water partition coefficient (Wildman–Crippen LogP) is 5.48. The number of aromatic nitrogens is 6. The molecule has 36 heavy (non-hydrogen) atoms. The Morgan fingerprint density at radius 1 is 1.06 bits per heavy atom. The predicted molar refractivity (Wildman–Crippen MR) is 128 cm³/mol. The molecule has 9 nitrogen and oxygen atoms in total. The fourth-order valence-electron chi connectivity index (χ4n) is 3.30. The van der Waals surface area contributed by atoms with Crippen molar-refractivity contribution in [2.24, 2.45) is 0 Å². The molecule has 0 aliphatic heterocycles. The molecule has 0 unspecified atom stereocenters. The summed E-state index contributed by atoms with van der Waals surface area (Å²) in [7, 11) is -4.53. The number of alkyl halides is 3. The van der Waals surface area contributed by atoms with E-state index in [2.05, 4.69) is 30.1 Å². The van der Waals surface area contributed by atoms with Gasteiger partial charge in [-0.15, -0.1) is 10.2 Å². The fourth-order valence-corrected chi connectivity index (χ4v) is 4.77. The average molecular weight is 560 g/mol. The van der Waals surface area contributed by atoms with E-state index in [0.717, 1.165) is 12.1 Å². The summed E-state index contributed by atoms with van der Waals surface area (Å²) in [4.78, 5) is 3.58. The first-order chi connectivity index (χ1) is 16.7. The van der Waals surface area contributed by atoms with Gasteiger partial charge in [0.2, 0.25) is 0 Å². The number of benzene rings is 1. The quantitative estimate of drug-likeness (QED) is 0.334. The van der Waals surface area contributed by atoms with Gasteiger partial charge in [-0.3, -0.25) is 14.4 Å². The highest BCUT2D eigenvalue weighted by Crippen LogP contribution is 2.37. The molecular weight excluding hydrogens is 542 g/mol. The zero-order chi connectivity index (χ0) is 26.5. The highest BCUT2D eigenvalue weighted by molar-refractivity contribution is 7.92. The normalized spacial score (nSPS) is 12.7. The zero-order valence-electron chi connectivity index (χ0n) is 18.9. The molecule has 3 aromatic heterocycles. The number of sulfonamides is 1. The number of aromatic amines is 1. The SMILES string of the molecule is CC(C)(C)c1nnc(-c2ncc(Cl)cc2NS(=O)(=O)c2ccc(Cl)c(C(F)(F)F)c2)n1-c1cc[nH]n1. The molecule has 4 aromatic rings. The van der Waals surface area contributed by atoms with Gasteiger partial charge in [-0.1, -0.05) is 44.0 Å².